The van der Waals surface area contributed by atoms with Crippen LogP contribution in [0.1, 0.15) is 11.1 Å². The molecule has 0 saturated carbocycles. The summed E-state index contributed by atoms with van der Waals surface area (Å²) in [6.07, 6.45) is 0. The molecular weight excluding hydrogens is 515 g/mol. The van der Waals surface area contributed by atoms with Gasteiger partial charge in [0.25, 0.3) is 0 Å². The number of halogens is 2. The van der Waals surface area contributed by atoms with Gasteiger partial charge in [-0.2, -0.15) is 4.31 Å². The van der Waals surface area contributed by atoms with Crippen LogP contribution in [0.5, 0.6) is 0 Å². The Labute approximate surface area is 210 Å². The molecule has 2 atom stereocenters. The van der Waals surface area contributed by atoms with E-state index in [2.05, 4.69) is 5.32 Å². The third-order valence-corrected chi connectivity index (χ3v) is 10.1. The molecule has 180 valence electrons. The van der Waals surface area contributed by atoms with Gasteiger partial charge >= 0.3 is 0 Å². The second-order valence-corrected chi connectivity index (χ2v) is 13.1. The van der Waals surface area contributed by atoms with Gasteiger partial charge in [-0.05, 0) is 29.3 Å². The van der Waals surface area contributed by atoms with Crippen LogP contribution in [-0.4, -0.2) is 44.7 Å². The van der Waals surface area contributed by atoms with Gasteiger partial charge < -0.3 is 5.32 Å². The Bertz CT molecular complexity index is 1350. The van der Waals surface area contributed by atoms with Gasteiger partial charge in [-0.25, -0.2) is 16.8 Å². The topological polar surface area (TPSA) is 83.6 Å². The summed E-state index contributed by atoms with van der Waals surface area (Å²) < 4.78 is 54.3. The van der Waals surface area contributed by atoms with Crippen molar-refractivity contribution >= 4 is 43.1 Å². The van der Waals surface area contributed by atoms with Gasteiger partial charge in [0, 0.05) is 19.1 Å². The second kappa shape index (κ2) is 10.4. The van der Waals surface area contributed by atoms with E-state index in [1.807, 2.05) is 60.7 Å². The molecule has 1 aliphatic rings. The van der Waals surface area contributed by atoms with Crippen molar-refractivity contribution in [1.29, 1.82) is 0 Å². The molecule has 0 aromatic heterocycles. The highest BCUT2D eigenvalue weighted by molar-refractivity contribution is 7.92. The molecule has 0 bridgehead atoms. The van der Waals surface area contributed by atoms with Crippen LogP contribution in [0.15, 0.2) is 83.8 Å². The Kier molecular flexibility index (Phi) is 7.66. The van der Waals surface area contributed by atoms with Crippen molar-refractivity contribution in [3.05, 3.63) is 100 Å². The number of nitrogens with zero attached hydrogens (tertiary/aromatic N) is 1. The summed E-state index contributed by atoms with van der Waals surface area (Å²) in [5.41, 5.74) is 1.73. The van der Waals surface area contributed by atoms with E-state index >= 15 is 0 Å². The lowest BCUT2D eigenvalue weighted by Gasteiger charge is -2.32. The van der Waals surface area contributed by atoms with Crippen molar-refractivity contribution in [2.75, 3.05) is 11.5 Å². The largest absolute Gasteiger partial charge is 0.307 e. The second-order valence-electron chi connectivity index (χ2n) is 8.23. The van der Waals surface area contributed by atoms with E-state index in [1.165, 1.54) is 22.5 Å². The van der Waals surface area contributed by atoms with Gasteiger partial charge in [0.05, 0.1) is 32.5 Å². The Morgan fingerprint density at radius 2 is 1.47 bits per heavy atom. The van der Waals surface area contributed by atoms with Crippen molar-refractivity contribution in [1.82, 2.24) is 9.62 Å². The van der Waals surface area contributed by atoms with Crippen molar-refractivity contribution in [3.8, 4) is 0 Å². The fourth-order valence-corrected chi connectivity index (χ4v) is 8.16. The minimum Gasteiger partial charge on any atom is -0.307 e. The van der Waals surface area contributed by atoms with Crippen LogP contribution >= 0.6 is 23.2 Å². The zero-order valence-corrected chi connectivity index (χ0v) is 21.3. The normalized spacial score (nSPS) is 20.0. The van der Waals surface area contributed by atoms with Crippen molar-refractivity contribution < 1.29 is 16.8 Å². The minimum absolute atomic E-state index is 0.0210. The molecule has 3 aromatic carbocycles. The lowest BCUT2D eigenvalue weighted by molar-refractivity contribution is 0.286. The molecule has 0 unspecified atom stereocenters. The summed E-state index contributed by atoms with van der Waals surface area (Å²) in [5, 5.41) is 3.63. The Morgan fingerprint density at radius 3 is 2.09 bits per heavy atom. The highest BCUT2D eigenvalue weighted by Crippen LogP contribution is 2.31. The molecule has 1 fully saturated rings. The molecule has 4 rings (SSSR count). The summed E-state index contributed by atoms with van der Waals surface area (Å²) in [7, 11) is -7.56. The minimum atomic E-state index is -4.10. The van der Waals surface area contributed by atoms with Crippen LogP contribution in [0.25, 0.3) is 0 Å². The highest BCUT2D eigenvalue weighted by Gasteiger charge is 2.45. The van der Waals surface area contributed by atoms with Gasteiger partial charge in [-0.15, -0.1) is 0 Å². The Balaban J connectivity index is 1.72. The first-order valence-corrected chi connectivity index (χ1v) is 14.7. The number of sulfonamides is 1. The molecule has 1 saturated heterocycles. The van der Waals surface area contributed by atoms with E-state index in [9.17, 15) is 16.8 Å². The monoisotopic (exact) mass is 538 g/mol. The van der Waals surface area contributed by atoms with E-state index in [0.29, 0.717) is 6.54 Å². The van der Waals surface area contributed by atoms with Gasteiger partial charge in [0.15, 0.2) is 9.84 Å². The standard InChI is InChI=1S/C24H24Cl2N2O4S2/c25-21-12-11-20(13-22(21)26)34(31,32)28(15-19-9-5-2-6-10-19)24-17-33(29,30)16-23(24)27-14-18-7-3-1-4-8-18/h1-13,23-24,27H,14-17H2/t23-,24+/m0/s1. The molecule has 0 aliphatic carbocycles. The molecule has 34 heavy (non-hydrogen) atoms. The summed E-state index contributed by atoms with van der Waals surface area (Å²) >= 11 is 12.1. The van der Waals surface area contributed by atoms with Crippen molar-refractivity contribution in [2.24, 2.45) is 0 Å². The molecule has 6 nitrogen and oxygen atoms in total. The maximum atomic E-state index is 13.8. The molecule has 1 heterocycles. The number of nitrogens with one attached hydrogen (secondary N) is 1. The lowest BCUT2D eigenvalue weighted by Crippen LogP contribution is -2.51. The zero-order valence-electron chi connectivity index (χ0n) is 18.1. The molecule has 10 heteroatoms. The average molecular weight is 540 g/mol. The fourth-order valence-electron chi connectivity index (χ4n) is 4.07. The molecule has 1 N–H and O–H groups in total. The predicted octanol–water partition coefficient (Wildman–Crippen LogP) is 4.14. The number of rotatable bonds is 8. The summed E-state index contributed by atoms with van der Waals surface area (Å²) in [5.74, 6) is -0.417. The Hall–Kier alpha value is -1.94. The predicted molar refractivity (Wildman–Crippen MR) is 135 cm³/mol. The van der Waals surface area contributed by atoms with Crippen LogP contribution in [0.2, 0.25) is 10.0 Å². The van der Waals surface area contributed by atoms with Gasteiger partial charge in [0.2, 0.25) is 10.0 Å². The lowest BCUT2D eigenvalue weighted by atomic mass is 10.1. The quantitative estimate of drug-likeness (QED) is 0.465. The maximum Gasteiger partial charge on any atom is 0.243 e. The molecule has 0 radical (unpaired) electrons. The summed E-state index contributed by atoms with van der Waals surface area (Å²) in [6.45, 7) is 0.441. The molecule has 0 amide bonds. The maximum absolute atomic E-state index is 13.8. The SMILES string of the molecule is O=S1(=O)C[C@H](NCc2ccccc2)[C@H](N(Cc2ccccc2)S(=O)(=O)c2ccc(Cl)c(Cl)c2)C1. The van der Waals surface area contributed by atoms with Crippen molar-refractivity contribution in [3.63, 3.8) is 0 Å². The number of sulfone groups is 1. The van der Waals surface area contributed by atoms with Crippen LogP contribution in [0, 0.1) is 0 Å². The van der Waals surface area contributed by atoms with E-state index in [1.54, 1.807) is 0 Å². The van der Waals surface area contributed by atoms with Gasteiger partial charge in [-0.1, -0.05) is 83.9 Å². The number of hydrogen-bond acceptors (Lipinski definition) is 5. The van der Waals surface area contributed by atoms with E-state index in [-0.39, 0.29) is 33.0 Å². The van der Waals surface area contributed by atoms with E-state index in [0.717, 1.165) is 11.1 Å². The summed E-state index contributed by atoms with van der Waals surface area (Å²) in [4.78, 5) is -0.0380. The van der Waals surface area contributed by atoms with E-state index < -0.39 is 31.9 Å². The first kappa shape index (κ1) is 25.2. The number of benzene rings is 3. The fraction of sp³-hybridized carbons (Fsp3) is 0.250. The van der Waals surface area contributed by atoms with Crippen molar-refractivity contribution in [2.45, 2.75) is 30.1 Å². The van der Waals surface area contributed by atoms with E-state index in [4.69, 9.17) is 23.2 Å². The Morgan fingerprint density at radius 1 is 0.853 bits per heavy atom. The smallest absolute Gasteiger partial charge is 0.243 e. The zero-order chi connectivity index (χ0) is 24.3. The number of hydrogen-bond donors (Lipinski definition) is 1. The third kappa shape index (κ3) is 5.82. The third-order valence-electron chi connectivity index (χ3n) is 5.78. The average Bonchev–Trinajstić information content (AvgIpc) is 3.13. The van der Waals surface area contributed by atoms with Crippen LogP contribution in [0.4, 0.5) is 0 Å². The summed E-state index contributed by atoms with van der Waals surface area (Å²) in [6, 6.07) is 21.4. The molecule has 3 aromatic rings. The first-order valence-electron chi connectivity index (χ1n) is 10.6. The van der Waals surface area contributed by atoms with Crippen LogP contribution in [-0.2, 0) is 33.0 Å². The molecule has 1 aliphatic heterocycles. The first-order chi connectivity index (χ1) is 16.2. The van der Waals surface area contributed by atoms with Gasteiger partial charge in [0.1, 0.15) is 0 Å². The molecular formula is C24H24Cl2N2O4S2. The van der Waals surface area contributed by atoms with Gasteiger partial charge in [-0.3, -0.25) is 0 Å². The highest BCUT2D eigenvalue weighted by atomic mass is 35.5. The molecule has 0 spiro atoms. The van der Waals surface area contributed by atoms with Crippen LogP contribution < -0.4 is 5.32 Å². The van der Waals surface area contributed by atoms with Crippen LogP contribution in [0.3, 0.4) is 0 Å².